The summed E-state index contributed by atoms with van der Waals surface area (Å²) in [5.74, 6) is 1.07. The summed E-state index contributed by atoms with van der Waals surface area (Å²) in [7, 11) is 1.72. The molecule has 2 bridgehead atoms. The molecule has 4 saturated carbocycles. The fourth-order valence-electron chi connectivity index (χ4n) is 13.0. The molecule has 0 amide bonds. The van der Waals surface area contributed by atoms with Crippen molar-refractivity contribution in [2.45, 2.75) is 82.0 Å². The number of guanidine groups is 1. The molecular weight excluding hydrogens is 580 g/mol. The molecular formula is C37H52N4O5. The molecule has 0 radical (unpaired) electrons. The topological polar surface area (TPSA) is 141 Å². The molecule has 0 aromatic carbocycles. The van der Waals surface area contributed by atoms with Gasteiger partial charge in [0, 0.05) is 55.5 Å². The number of rotatable bonds is 6. The van der Waals surface area contributed by atoms with E-state index in [1.54, 1.807) is 7.05 Å². The number of aliphatic hydroxyl groups excluding tert-OH is 1. The van der Waals surface area contributed by atoms with E-state index < -0.39 is 23.1 Å². The number of nitrogens with zero attached hydrogens (tertiary/aromatic N) is 2. The van der Waals surface area contributed by atoms with Gasteiger partial charge in [-0.2, -0.15) is 0 Å². The number of hydrogen-bond acceptors (Lipinski definition) is 6. The van der Waals surface area contributed by atoms with Crippen molar-refractivity contribution in [3.63, 3.8) is 0 Å². The number of ether oxygens (including phenoxy) is 1. The van der Waals surface area contributed by atoms with Gasteiger partial charge in [0.25, 0.3) is 0 Å². The van der Waals surface area contributed by atoms with Crippen molar-refractivity contribution in [1.29, 1.82) is 0 Å². The van der Waals surface area contributed by atoms with Gasteiger partial charge in [-0.05, 0) is 93.0 Å². The maximum Gasteiger partial charge on any atom is 0.334 e. The number of nitrogens with one attached hydrogen (secondary N) is 1. The average Bonchev–Trinajstić information content (AvgIpc) is 3.37. The van der Waals surface area contributed by atoms with E-state index in [4.69, 9.17) is 10.5 Å². The second-order valence-electron chi connectivity index (χ2n) is 15.7. The highest BCUT2D eigenvalue weighted by molar-refractivity contribution is 5.92. The molecule has 0 unspecified atom stereocenters. The third-order valence-corrected chi connectivity index (χ3v) is 14.4. The summed E-state index contributed by atoms with van der Waals surface area (Å²) in [6, 6.07) is 0. The minimum absolute atomic E-state index is 0.00254. The van der Waals surface area contributed by atoms with Crippen LogP contribution in [0.2, 0.25) is 0 Å². The lowest BCUT2D eigenvalue weighted by atomic mass is 9.40. The fraction of sp³-hybridized carbons (Fsp3) is 0.730. The zero-order chi connectivity index (χ0) is 31.8. The van der Waals surface area contributed by atoms with Gasteiger partial charge in [-0.1, -0.05) is 36.8 Å². The molecule has 0 aromatic heterocycles. The molecule has 46 heavy (non-hydrogen) atoms. The van der Waals surface area contributed by atoms with Crippen LogP contribution in [-0.2, 0) is 9.53 Å². The van der Waals surface area contributed by atoms with Gasteiger partial charge in [0.15, 0.2) is 5.96 Å². The maximum atomic E-state index is 13.7. The summed E-state index contributed by atoms with van der Waals surface area (Å²) in [4.78, 5) is 20.1. The first-order valence-corrected chi connectivity index (χ1v) is 18.0. The molecule has 8 aliphatic rings. The highest BCUT2D eigenvalue weighted by atomic mass is 16.5. The fourth-order valence-corrected chi connectivity index (χ4v) is 13.0. The van der Waals surface area contributed by atoms with Crippen molar-refractivity contribution >= 4 is 11.9 Å². The second-order valence-corrected chi connectivity index (χ2v) is 15.7. The van der Waals surface area contributed by atoms with Crippen molar-refractivity contribution in [2.75, 3.05) is 33.3 Å². The van der Waals surface area contributed by atoms with Gasteiger partial charge < -0.3 is 36.0 Å². The first-order chi connectivity index (χ1) is 22.3. The molecule has 8 rings (SSSR count). The van der Waals surface area contributed by atoms with Gasteiger partial charge in [-0.3, -0.25) is 4.99 Å². The zero-order valence-corrected chi connectivity index (χ0v) is 27.2. The molecule has 6 aliphatic carbocycles. The van der Waals surface area contributed by atoms with Crippen molar-refractivity contribution in [2.24, 2.45) is 63.0 Å². The monoisotopic (exact) mass is 632 g/mol. The lowest BCUT2D eigenvalue weighted by molar-refractivity contribution is -0.232. The average molecular weight is 633 g/mol. The molecule has 2 heterocycles. The Bertz CT molecular complexity index is 1410. The van der Waals surface area contributed by atoms with Crippen LogP contribution in [0.25, 0.3) is 0 Å². The van der Waals surface area contributed by atoms with Gasteiger partial charge >= 0.3 is 5.97 Å². The van der Waals surface area contributed by atoms with Crippen molar-refractivity contribution in [3.8, 4) is 0 Å². The van der Waals surface area contributed by atoms with E-state index >= 15 is 0 Å². The summed E-state index contributed by atoms with van der Waals surface area (Å²) in [5.41, 5.74) is 5.44. The van der Waals surface area contributed by atoms with Gasteiger partial charge in [0.05, 0.1) is 24.4 Å². The molecule has 1 saturated heterocycles. The number of carbonyl (C=O) groups is 1. The Labute approximate surface area is 272 Å². The van der Waals surface area contributed by atoms with Crippen LogP contribution in [0.5, 0.6) is 0 Å². The number of allylic oxidation sites excluding steroid dienone is 4. The van der Waals surface area contributed by atoms with E-state index in [0.717, 1.165) is 56.9 Å². The number of aliphatic carboxylic acids is 1. The van der Waals surface area contributed by atoms with E-state index in [0.29, 0.717) is 56.2 Å². The molecule has 9 heteroatoms. The first-order valence-electron chi connectivity index (χ1n) is 18.0. The van der Waals surface area contributed by atoms with E-state index in [2.05, 4.69) is 51.8 Å². The minimum Gasteiger partial charge on any atom is -0.478 e. The van der Waals surface area contributed by atoms with Crippen LogP contribution in [0.4, 0.5) is 0 Å². The first kappa shape index (κ1) is 30.8. The van der Waals surface area contributed by atoms with E-state index in [9.17, 15) is 20.1 Å². The largest absolute Gasteiger partial charge is 0.478 e. The van der Waals surface area contributed by atoms with Gasteiger partial charge in [0.1, 0.15) is 5.60 Å². The molecule has 0 aromatic rings. The summed E-state index contributed by atoms with van der Waals surface area (Å²) in [6.07, 6.45) is 22.2. The molecule has 6 N–H and O–H groups in total. The van der Waals surface area contributed by atoms with Crippen molar-refractivity contribution in [1.82, 2.24) is 10.2 Å². The molecule has 12 atom stereocenters. The van der Waals surface area contributed by atoms with Crippen molar-refractivity contribution < 1.29 is 24.9 Å². The summed E-state index contributed by atoms with van der Waals surface area (Å²) in [5, 5.41) is 37.8. The Balaban J connectivity index is 1.27. The van der Waals surface area contributed by atoms with E-state index in [1.165, 1.54) is 0 Å². The SMILES string of the molecule is CN=C(N)N1C=C[C@@H](CNCCO)[C@@]2(C1)[C@@H]1CC[C@H]3CCC[C@@H]4[C@@](O)([C@@H]5CC[C@H]6CC[C@@H]7C=CC=C[C@@H]7[C@H]6O5)C(C(=O)O)=C(C1)[C@@]342. The number of aliphatic imine (C=N–C) groups is 1. The number of aliphatic hydroxyl groups is 2. The standard InChI is InChI=1S/C37H52N4O5/c1-39-34(38)41-17-15-26(20-40-16-18-42)35(21-41)25-13-12-24-6-4-8-29-36(24,35)28(19-25)31(33(43)44)37(29,45)30-14-11-23-10-9-22-5-2-3-7-27(22)32(23)46-30/h2-3,5,7,15,17,22-27,29-30,32,40,42,45H,4,6,8-14,16,18-21H2,1H3,(H2,38,39)(H,43,44)/t22-,23+,24+,25+,26-,27-,29-,30-,32-,35+,36-,37+/m0/s1. The Kier molecular flexibility index (Phi) is 7.59. The van der Waals surface area contributed by atoms with E-state index in [-0.39, 0.29) is 47.4 Å². The van der Waals surface area contributed by atoms with Crippen LogP contribution in [0.15, 0.2) is 52.7 Å². The Morgan fingerprint density at radius 3 is 2.70 bits per heavy atom. The maximum absolute atomic E-state index is 13.7. The minimum atomic E-state index is -1.55. The van der Waals surface area contributed by atoms with Crippen LogP contribution in [0, 0.1) is 52.3 Å². The third kappa shape index (κ3) is 3.95. The number of hydrogen-bond donors (Lipinski definition) is 5. The highest BCUT2D eigenvalue weighted by Crippen LogP contribution is 2.81. The third-order valence-electron chi connectivity index (χ3n) is 14.4. The Morgan fingerprint density at radius 2 is 1.89 bits per heavy atom. The normalized spacial score (nSPS) is 47.2. The predicted molar refractivity (Wildman–Crippen MR) is 175 cm³/mol. The van der Waals surface area contributed by atoms with E-state index in [1.807, 2.05) is 0 Å². The quantitative estimate of drug-likeness (QED) is 0.170. The predicted octanol–water partition coefficient (Wildman–Crippen LogP) is 3.60. The molecule has 250 valence electrons. The number of carboxylic acids is 1. The van der Waals surface area contributed by atoms with Crippen LogP contribution in [-0.4, -0.2) is 83.2 Å². The number of nitrogens with two attached hydrogens (primary N) is 1. The Hall–Kier alpha value is -2.46. The van der Waals surface area contributed by atoms with Gasteiger partial charge in [-0.25, -0.2) is 4.79 Å². The number of fused-ring (bicyclic) bond motifs is 3. The lowest BCUT2D eigenvalue weighted by Crippen LogP contribution is -2.68. The second kappa shape index (κ2) is 11.3. The van der Waals surface area contributed by atoms with Crippen LogP contribution < -0.4 is 11.1 Å². The highest BCUT2D eigenvalue weighted by Gasteiger charge is 2.80. The summed E-state index contributed by atoms with van der Waals surface area (Å²) >= 11 is 0. The zero-order valence-electron chi connectivity index (χ0n) is 27.2. The van der Waals surface area contributed by atoms with Gasteiger partial charge in [0.2, 0.25) is 0 Å². The van der Waals surface area contributed by atoms with Crippen LogP contribution in [0.3, 0.4) is 0 Å². The lowest BCUT2D eigenvalue weighted by Gasteiger charge is -2.66. The summed E-state index contributed by atoms with van der Waals surface area (Å²) in [6.45, 7) is 1.91. The smallest absolute Gasteiger partial charge is 0.334 e. The molecule has 9 nitrogen and oxygen atoms in total. The van der Waals surface area contributed by atoms with Gasteiger partial charge in [-0.15, -0.1) is 0 Å². The Morgan fingerprint density at radius 1 is 1.09 bits per heavy atom. The molecule has 2 aliphatic heterocycles. The van der Waals surface area contributed by atoms with Crippen LogP contribution >= 0.6 is 0 Å². The molecule has 2 spiro atoms. The number of carboxylic acid groups (broad SMARTS) is 1. The molecule has 5 fully saturated rings. The van der Waals surface area contributed by atoms with Crippen molar-refractivity contribution in [3.05, 3.63) is 47.7 Å². The van der Waals surface area contributed by atoms with Crippen LogP contribution in [0.1, 0.15) is 64.2 Å². The summed E-state index contributed by atoms with van der Waals surface area (Å²) < 4.78 is 7.14.